The molecule has 1 aromatic heterocycles. The number of phenols is 1. The highest BCUT2D eigenvalue weighted by atomic mass is 35.5. The van der Waals surface area contributed by atoms with Gasteiger partial charge in [-0.2, -0.15) is 5.10 Å². The topological polar surface area (TPSA) is 86.2 Å². The number of H-pyrrole nitrogens is 1. The van der Waals surface area contributed by atoms with E-state index in [0.717, 1.165) is 5.56 Å². The summed E-state index contributed by atoms with van der Waals surface area (Å²) >= 11 is 5.96. The Hall–Kier alpha value is -2.53. The van der Waals surface area contributed by atoms with Crippen molar-refractivity contribution < 1.29 is 15.0 Å². The average molecular weight is 303 g/mol. The number of carboxylic acids is 1. The van der Waals surface area contributed by atoms with Gasteiger partial charge in [-0.1, -0.05) is 17.7 Å². The molecule has 106 valence electrons. The van der Waals surface area contributed by atoms with Gasteiger partial charge in [0.05, 0.1) is 11.1 Å². The number of benzene rings is 2. The van der Waals surface area contributed by atoms with Crippen LogP contribution in [0.2, 0.25) is 5.02 Å². The third-order valence-electron chi connectivity index (χ3n) is 3.35. The fourth-order valence-electron chi connectivity index (χ4n) is 2.31. The van der Waals surface area contributed by atoms with Crippen molar-refractivity contribution in [1.82, 2.24) is 10.2 Å². The van der Waals surface area contributed by atoms with E-state index in [1.807, 2.05) is 0 Å². The fourth-order valence-corrected chi connectivity index (χ4v) is 2.46. The third kappa shape index (κ3) is 2.11. The molecule has 0 amide bonds. The highest BCUT2D eigenvalue weighted by molar-refractivity contribution is 6.31. The summed E-state index contributed by atoms with van der Waals surface area (Å²) in [6.07, 6.45) is 0. The number of aryl methyl sites for hydroxylation is 1. The predicted molar refractivity (Wildman–Crippen MR) is 79.9 cm³/mol. The lowest BCUT2D eigenvalue weighted by Crippen LogP contribution is -1.97. The predicted octanol–water partition coefficient (Wildman–Crippen LogP) is 3.60. The number of aromatic hydroxyl groups is 1. The molecule has 5 nitrogen and oxygen atoms in total. The Morgan fingerprint density at radius 3 is 2.81 bits per heavy atom. The normalized spacial score (nSPS) is 11.0. The number of phenolic OH excluding ortho intramolecular Hbond substituents is 1. The van der Waals surface area contributed by atoms with Gasteiger partial charge in [0.25, 0.3) is 0 Å². The van der Waals surface area contributed by atoms with Crippen molar-refractivity contribution in [2.75, 3.05) is 0 Å². The number of carbonyl (C=O) groups is 1. The van der Waals surface area contributed by atoms with Gasteiger partial charge in [-0.05, 0) is 36.8 Å². The van der Waals surface area contributed by atoms with Crippen molar-refractivity contribution >= 4 is 28.5 Å². The van der Waals surface area contributed by atoms with Crippen LogP contribution in [0, 0.1) is 6.92 Å². The van der Waals surface area contributed by atoms with Crippen LogP contribution in [0.5, 0.6) is 5.75 Å². The molecule has 1 heterocycles. The van der Waals surface area contributed by atoms with Gasteiger partial charge >= 0.3 is 5.97 Å². The van der Waals surface area contributed by atoms with E-state index in [0.29, 0.717) is 27.2 Å². The second kappa shape index (κ2) is 4.79. The maximum atomic E-state index is 11.4. The zero-order valence-corrected chi connectivity index (χ0v) is 11.8. The van der Waals surface area contributed by atoms with E-state index in [1.54, 1.807) is 25.1 Å². The van der Waals surface area contributed by atoms with Crippen LogP contribution in [-0.2, 0) is 0 Å². The molecule has 3 N–H and O–H groups in total. The molecule has 0 saturated heterocycles. The van der Waals surface area contributed by atoms with E-state index in [1.165, 1.54) is 12.1 Å². The first-order valence-electron chi connectivity index (χ1n) is 6.19. The van der Waals surface area contributed by atoms with E-state index in [2.05, 4.69) is 10.2 Å². The first kappa shape index (κ1) is 13.5. The standard InChI is InChI=1S/C15H11ClN2O3/c1-7-5-9(12(19)6-10(7)16)14-13-8(15(20)21)3-2-4-11(13)17-18-14/h2-6,19H,1H3,(H,17,18)(H,20,21). The number of nitrogens with one attached hydrogen (secondary N) is 1. The minimum atomic E-state index is -1.05. The molecule has 6 heteroatoms. The van der Waals surface area contributed by atoms with Crippen molar-refractivity contribution in [2.45, 2.75) is 6.92 Å². The minimum Gasteiger partial charge on any atom is -0.507 e. The molecule has 21 heavy (non-hydrogen) atoms. The van der Waals surface area contributed by atoms with Crippen LogP contribution in [0.25, 0.3) is 22.2 Å². The number of carboxylic acid groups (broad SMARTS) is 1. The highest BCUT2D eigenvalue weighted by Gasteiger charge is 2.19. The molecule has 0 aliphatic heterocycles. The van der Waals surface area contributed by atoms with Gasteiger partial charge in [-0.15, -0.1) is 0 Å². The molecule has 0 fully saturated rings. The lowest BCUT2D eigenvalue weighted by Gasteiger charge is -2.06. The number of halogens is 1. The van der Waals surface area contributed by atoms with Gasteiger partial charge in [0.15, 0.2) is 0 Å². The minimum absolute atomic E-state index is 0.0424. The van der Waals surface area contributed by atoms with E-state index in [9.17, 15) is 15.0 Å². The molecule has 0 radical (unpaired) electrons. The van der Waals surface area contributed by atoms with Gasteiger partial charge in [-0.3, -0.25) is 5.10 Å². The van der Waals surface area contributed by atoms with Crippen LogP contribution < -0.4 is 0 Å². The number of hydrogen-bond acceptors (Lipinski definition) is 3. The Bertz CT molecular complexity index is 871. The van der Waals surface area contributed by atoms with Gasteiger partial charge in [0.1, 0.15) is 11.4 Å². The van der Waals surface area contributed by atoms with Crippen molar-refractivity contribution in [2.24, 2.45) is 0 Å². The van der Waals surface area contributed by atoms with Crippen LogP contribution in [0.3, 0.4) is 0 Å². The van der Waals surface area contributed by atoms with Crippen LogP contribution in [0.1, 0.15) is 15.9 Å². The number of aromatic nitrogens is 2. The second-order valence-corrected chi connectivity index (χ2v) is 5.13. The molecule has 0 aliphatic carbocycles. The summed E-state index contributed by atoms with van der Waals surface area (Å²) in [6.45, 7) is 1.80. The first-order chi connectivity index (χ1) is 9.99. The summed E-state index contributed by atoms with van der Waals surface area (Å²) in [5.74, 6) is -1.09. The summed E-state index contributed by atoms with van der Waals surface area (Å²) in [5.41, 5.74) is 2.32. The molecule has 0 saturated carbocycles. The number of aromatic amines is 1. The number of nitrogens with zero attached hydrogens (tertiary/aromatic N) is 1. The monoisotopic (exact) mass is 302 g/mol. The van der Waals surface area contributed by atoms with Gasteiger partial charge in [0, 0.05) is 16.0 Å². The molecule has 2 aromatic carbocycles. The highest BCUT2D eigenvalue weighted by Crippen LogP contribution is 2.37. The van der Waals surface area contributed by atoms with Crippen molar-refractivity contribution in [3.63, 3.8) is 0 Å². The first-order valence-corrected chi connectivity index (χ1v) is 6.56. The van der Waals surface area contributed by atoms with Crippen LogP contribution in [0.15, 0.2) is 30.3 Å². The molecule has 0 aliphatic rings. The average Bonchev–Trinajstić information content (AvgIpc) is 2.86. The number of aromatic carboxylic acids is 1. The molecule has 0 unspecified atom stereocenters. The van der Waals surface area contributed by atoms with E-state index >= 15 is 0 Å². The summed E-state index contributed by atoms with van der Waals surface area (Å²) < 4.78 is 0. The summed E-state index contributed by atoms with van der Waals surface area (Å²) in [5, 5.41) is 27.2. The van der Waals surface area contributed by atoms with E-state index in [4.69, 9.17) is 11.6 Å². The summed E-state index contributed by atoms with van der Waals surface area (Å²) in [4.78, 5) is 11.4. The molecular weight excluding hydrogens is 292 g/mol. The summed E-state index contributed by atoms with van der Waals surface area (Å²) in [7, 11) is 0. The van der Waals surface area contributed by atoms with Crippen LogP contribution in [-0.4, -0.2) is 26.4 Å². The Labute approximate surface area is 124 Å². The Balaban J connectivity index is 2.36. The Morgan fingerprint density at radius 2 is 2.10 bits per heavy atom. The molecule has 0 bridgehead atoms. The van der Waals surface area contributed by atoms with Crippen molar-refractivity contribution in [3.05, 3.63) is 46.5 Å². The maximum absolute atomic E-state index is 11.4. The van der Waals surface area contributed by atoms with Gasteiger partial charge < -0.3 is 10.2 Å². The van der Waals surface area contributed by atoms with Crippen molar-refractivity contribution in [3.8, 4) is 17.0 Å². The van der Waals surface area contributed by atoms with Gasteiger partial charge in [0.2, 0.25) is 0 Å². The van der Waals surface area contributed by atoms with Crippen LogP contribution in [0.4, 0.5) is 0 Å². The molecular formula is C15H11ClN2O3. The quantitative estimate of drug-likeness (QED) is 0.675. The Kier molecular flexibility index (Phi) is 3.07. The SMILES string of the molecule is Cc1cc(-c2n[nH]c3cccc(C(=O)O)c23)c(O)cc1Cl. The lowest BCUT2D eigenvalue weighted by atomic mass is 10.0. The smallest absolute Gasteiger partial charge is 0.336 e. The molecule has 0 spiro atoms. The van der Waals surface area contributed by atoms with Crippen molar-refractivity contribution in [1.29, 1.82) is 0 Å². The maximum Gasteiger partial charge on any atom is 0.336 e. The molecule has 3 rings (SSSR count). The van der Waals surface area contributed by atoms with Crippen LogP contribution >= 0.6 is 11.6 Å². The largest absolute Gasteiger partial charge is 0.507 e. The van der Waals surface area contributed by atoms with E-state index in [-0.39, 0.29) is 11.3 Å². The molecule has 0 atom stereocenters. The number of rotatable bonds is 2. The second-order valence-electron chi connectivity index (χ2n) is 4.72. The number of hydrogen-bond donors (Lipinski definition) is 3. The van der Waals surface area contributed by atoms with Gasteiger partial charge in [-0.25, -0.2) is 4.79 Å². The lowest BCUT2D eigenvalue weighted by molar-refractivity contribution is 0.0699. The van der Waals surface area contributed by atoms with E-state index < -0.39 is 5.97 Å². The zero-order valence-electron chi connectivity index (χ0n) is 11.0. The fraction of sp³-hybridized carbons (Fsp3) is 0.0667. The zero-order chi connectivity index (χ0) is 15.1. The number of fused-ring (bicyclic) bond motifs is 1. The molecule has 3 aromatic rings. The Morgan fingerprint density at radius 1 is 1.33 bits per heavy atom. The summed E-state index contributed by atoms with van der Waals surface area (Å²) in [6, 6.07) is 7.99. The third-order valence-corrected chi connectivity index (χ3v) is 3.76.